The first-order chi connectivity index (χ1) is 6.71. The smallest absolute Gasteiger partial charge is 0.125 e. The minimum Gasteiger partial charge on any atom is -0.366 e. The Labute approximate surface area is 83.7 Å². The molecule has 0 bridgehead atoms. The average Bonchev–Trinajstić information content (AvgIpc) is 2.19. The Morgan fingerprint density at radius 3 is 3.07 bits per heavy atom. The largest absolute Gasteiger partial charge is 0.366 e. The SMILES string of the molecule is Cc1nccc([C@@]2(C)CNCCO2)n1. The Balaban J connectivity index is 2.28. The standard InChI is InChI=1S/C10H15N3O/c1-8-12-4-3-9(13-8)10(2)7-11-5-6-14-10/h3-4,11H,5-7H2,1-2H3/t10-/m1/s1. The first-order valence-corrected chi connectivity index (χ1v) is 4.85. The molecule has 1 fully saturated rings. The summed E-state index contributed by atoms with van der Waals surface area (Å²) in [6.45, 7) is 6.41. The third kappa shape index (κ3) is 1.76. The van der Waals surface area contributed by atoms with Crippen LogP contribution in [-0.4, -0.2) is 29.7 Å². The molecule has 0 unspecified atom stereocenters. The number of aromatic nitrogens is 2. The summed E-state index contributed by atoms with van der Waals surface area (Å²) >= 11 is 0. The van der Waals surface area contributed by atoms with Gasteiger partial charge in [0.15, 0.2) is 0 Å². The van der Waals surface area contributed by atoms with E-state index in [4.69, 9.17) is 4.74 Å². The van der Waals surface area contributed by atoms with Gasteiger partial charge in [0, 0.05) is 19.3 Å². The Morgan fingerprint density at radius 2 is 2.43 bits per heavy atom. The van der Waals surface area contributed by atoms with E-state index in [1.807, 2.05) is 13.0 Å². The van der Waals surface area contributed by atoms with Gasteiger partial charge in [0.1, 0.15) is 11.4 Å². The fraction of sp³-hybridized carbons (Fsp3) is 0.600. The number of nitrogens with zero attached hydrogens (tertiary/aromatic N) is 2. The number of nitrogens with one attached hydrogen (secondary N) is 1. The van der Waals surface area contributed by atoms with Crippen LogP contribution in [0.1, 0.15) is 18.4 Å². The Bertz CT molecular complexity index is 321. The molecule has 4 nitrogen and oxygen atoms in total. The van der Waals surface area contributed by atoms with Gasteiger partial charge < -0.3 is 10.1 Å². The zero-order valence-corrected chi connectivity index (χ0v) is 8.58. The zero-order chi connectivity index (χ0) is 10.0. The number of hydrogen-bond donors (Lipinski definition) is 1. The van der Waals surface area contributed by atoms with Gasteiger partial charge in [0.25, 0.3) is 0 Å². The van der Waals surface area contributed by atoms with Gasteiger partial charge in [-0.1, -0.05) is 0 Å². The predicted octanol–water partition coefficient (Wildman–Crippen LogP) is 0.620. The maximum absolute atomic E-state index is 5.75. The van der Waals surface area contributed by atoms with Gasteiger partial charge in [0.2, 0.25) is 0 Å². The van der Waals surface area contributed by atoms with Crippen molar-refractivity contribution in [1.82, 2.24) is 15.3 Å². The highest BCUT2D eigenvalue weighted by molar-refractivity contribution is 5.12. The van der Waals surface area contributed by atoms with Crippen molar-refractivity contribution in [2.75, 3.05) is 19.7 Å². The van der Waals surface area contributed by atoms with Crippen molar-refractivity contribution in [1.29, 1.82) is 0 Å². The van der Waals surface area contributed by atoms with Crippen molar-refractivity contribution in [2.24, 2.45) is 0 Å². The van der Waals surface area contributed by atoms with Gasteiger partial charge >= 0.3 is 0 Å². The first-order valence-electron chi connectivity index (χ1n) is 4.85. The van der Waals surface area contributed by atoms with Gasteiger partial charge in [-0.2, -0.15) is 0 Å². The number of aryl methyl sites for hydroxylation is 1. The zero-order valence-electron chi connectivity index (χ0n) is 8.58. The minimum absolute atomic E-state index is 0.300. The molecule has 0 saturated carbocycles. The quantitative estimate of drug-likeness (QED) is 0.710. The van der Waals surface area contributed by atoms with E-state index < -0.39 is 0 Å². The van der Waals surface area contributed by atoms with Gasteiger partial charge in [-0.15, -0.1) is 0 Å². The number of ether oxygens (including phenoxy) is 1. The molecule has 1 atom stereocenters. The molecule has 2 heterocycles. The molecule has 2 rings (SSSR count). The van der Waals surface area contributed by atoms with E-state index in [9.17, 15) is 0 Å². The van der Waals surface area contributed by atoms with Gasteiger partial charge in [-0.25, -0.2) is 9.97 Å². The molecule has 1 aliphatic heterocycles. The highest BCUT2D eigenvalue weighted by atomic mass is 16.5. The lowest BCUT2D eigenvalue weighted by Gasteiger charge is -2.33. The first kappa shape index (κ1) is 9.55. The topological polar surface area (TPSA) is 47.0 Å². The van der Waals surface area contributed by atoms with Crippen molar-refractivity contribution >= 4 is 0 Å². The monoisotopic (exact) mass is 193 g/mol. The molecule has 0 radical (unpaired) electrons. The fourth-order valence-electron chi connectivity index (χ4n) is 1.64. The molecule has 1 N–H and O–H groups in total. The van der Waals surface area contributed by atoms with Crippen molar-refractivity contribution in [3.05, 3.63) is 23.8 Å². The molecule has 0 aromatic carbocycles. The molecule has 1 aromatic rings. The molecule has 1 aliphatic rings. The lowest BCUT2D eigenvalue weighted by Crippen LogP contribution is -2.46. The summed E-state index contributed by atoms with van der Waals surface area (Å²) in [7, 11) is 0. The van der Waals surface area contributed by atoms with E-state index in [1.54, 1.807) is 6.20 Å². The molecular formula is C10H15N3O. The molecular weight excluding hydrogens is 178 g/mol. The van der Waals surface area contributed by atoms with Gasteiger partial charge in [0.05, 0.1) is 12.3 Å². The van der Waals surface area contributed by atoms with Crippen LogP contribution < -0.4 is 5.32 Å². The van der Waals surface area contributed by atoms with E-state index in [1.165, 1.54) is 0 Å². The van der Waals surface area contributed by atoms with E-state index >= 15 is 0 Å². The van der Waals surface area contributed by atoms with Crippen LogP contribution in [0.4, 0.5) is 0 Å². The number of hydrogen-bond acceptors (Lipinski definition) is 4. The predicted molar refractivity (Wildman–Crippen MR) is 52.9 cm³/mol. The fourth-order valence-corrected chi connectivity index (χ4v) is 1.64. The lowest BCUT2D eigenvalue weighted by molar-refractivity contribution is -0.0602. The highest BCUT2D eigenvalue weighted by Gasteiger charge is 2.31. The molecule has 0 amide bonds. The average molecular weight is 193 g/mol. The summed E-state index contributed by atoms with van der Waals surface area (Å²) in [4.78, 5) is 8.47. The third-order valence-electron chi connectivity index (χ3n) is 2.48. The summed E-state index contributed by atoms with van der Waals surface area (Å²) in [5.41, 5.74) is 0.656. The maximum Gasteiger partial charge on any atom is 0.125 e. The van der Waals surface area contributed by atoms with E-state index in [0.29, 0.717) is 0 Å². The van der Waals surface area contributed by atoms with Crippen LogP contribution >= 0.6 is 0 Å². The number of rotatable bonds is 1. The van der Waals surface area contributed by atoms with Gasteiger partial charge in [-0.05, 0) is 19.9 Å². The van der Waals surface area contributed by atoms with Crippen LogP contribution in [-0.2, 0) is 10.3 Å². The lowest BCUT2D eigenvalue weighted by atomic mass is 10.0. The summed E-state index contributed by atoms with van der Waals surface area (Å²) in [5.74, 6) is 0.790. The molecule has 0 spiro atoms. The summed E-state index contributed by atoms with van der Waals surface area (Å²) < 4.78 is 5.75. The van der Waals surface area contributed by atoms with E-state index in [0.717, 1.165) is 31.2 Å². The highest BCUT2D eigenvalue weighted by Crippen LogP contribution is 2.24. The van der Waals surface area contributed by atoms with Crippen molar-refractivity contribution < 1.29 is 4.74 Å². The second kappa shape index (κ2) is 3.63. The molecule has 76 valence electrons. The second-order valence-electron chi connectivity index (χ2n) is 3.75. The van der Waals surface area contributed by atoms with Crippen LogP contribution in [0.25, 0.3) is 0 Å². The summed E-state index contributed by atoms with van der Waals surface area (Å²) in [5, 5.41) is 3.31. The Kier molecular flexibility index (Phi) is 2.48. The maximum atomic E-state index is 5.75. The summed E-state index contributed by atoms with van der Waals surface area (Å²) in [6.07, 6.45) is 1.78. The van der Waals surface area contributed by atoms with Crippen molar-refractivity contribution in [3.8, 4) is 0 Å². The Hall–Kier alpha value is -1.00. The van der Waals surface area contributed by atoms with Crippen LogP contribution in [0.3, 0.4) is 0 Å². The number of morpholine rings is 1. The minimum atomic E-state index is -0.300. The van der Waals surface area contributed by atoms with E-state index in [-0.39, 0.29) is 5.60 Å². The molecule has 4 heteroatoms. The van der Waals surface area contributed by atoms with Crippen LogP contribution in [0.2, 0.25) is 0 Å². The summed E-state index contributed by atoms with van der Waals surface area (Å²) in [6, 6.07) is 1.92. The van der Waals surface area contributed by atoms with Crippen molar-refractivity contribution in [3.63, 3.8) is 0 Å². The normalized spacial score (nSPS) is 27.6. The molecule has 14 heavy (non-hydrogen) atoms. The molecule has 0 aliphatic carbocycles. The third-order valence-corrected chi connectivity index (χ3v) is 2.48. The van der Waals surface area contributed by atoms with Gasteiger partial charge in [-0.3, -0.25) is 0 Å². The Morgan fingerprint density at radius 1 is 1.57 bits per heavy atom. The van der Waals surface area contributed by atoms with Crippen LogP contribution in [0.5, 0.6) is 0 Å². The van der Waals surface area contributed by atoms with Crippen LogP contribution in [0, 0.1) is 6.92 Å². The van der Waals surface area contributed by atoms with E-state index in [2.05, 4.69) is 22.2 Å². The second-order valence-corrected chi connectivity index (χ2v) is 3.75. The van der Waals surface area contributed by atoms with Crippen molar-refractivity contribution in [2.45, 2.75) is 19.4 Å². The molecule has 1 aromatic heterocycles. The molecule has 1 saturated heterocycles. The van der Waals surface area contributed by atoms with Crippen LogP contribution in [0.15, 0.2) is 12.3 Å².